The summed E-state index contributed by atoms with van der Waals surface area (Å²) >= 11 is 0. The van der Waals surface area contributed by atoms with E-state index in [1.165, 1.54) is 14.0 Å². The molecule has 0 heterocycles. The van der Waals surface area contributed by atoms with Gasteiger partial charge < -0.3 is 34.9 Å². The van der Waals surface area contributed by atoms with Crippen LogP contribution in [0.2, 0.25) is 0 Å². The Labute approximate surface area is 245 Å². The lowest BCUT2D eigenvalue weighted by atomic mass is 9.98. The van der Waals surface area contributed by atoms with E-state index in [2.05, 4.69) is 17.2 Å². The average molecular weight is 582 g/mol. The van der Waals surface area contributed by atoms with Crippen molar-refractivity contribution in [1.82, 2.24) is 15.1 Å². The molecule has 0 aliphatic carbocycles. The second kappa shape index (κ2) is 16.6. The van der Waals surface area contributed by atoms with Gasteiger partial charge in [-0.15, -0.1) is 0 Å². The first-order chi connectivity index (χ1) is 20.1. The number of rotatable bonds is 15. The van der Waals surface area contributed by atoms with Crippen molar-refractivity contribution in [2.24, 2.45) is 0 Å². The van der Waals surface area contributed by atoms with Crippen LogP contribution in [0.1, 0.15) is 30.9 Å². The average Bonchev–Trinajstić information content (AvgIpc) is 2.98. The third kappa shape index (κ3) is 9.24. The van der Waals surface area contributed by atoms with Crippen LogP contribution in [0, 0.1) is 28.9 Å². The van der Waals surface area contributed by atoms with E-state index in [1.54, 1.807) is 49.5 Å². The predicted molar refractivity (Wildman–Crippen MR) is 158 cm³/mol. The SMILES string of the molecule is COCCCN/C=C(\C=N)N(C)CCN(C(=O)N(C)c1c(F)cc(C#Cc2ccccc2)cc1F)C(C)(C=O)CC=O. The summed E-state index contributed by atoms with van der Waals surface area (Å²) in [6.07, 6.45) is 4.16. The third-order valence-electron chi connectivity index (χ3n) is 6.53. The largest absolute Gasteiger partial charge is 0.389 e. The molecule has 11 heteroatoms. The van der Waals surface area contributed by atoms with Gasteiger partial charge in [-0.3, -0.25) is 4.90 Å². The number of amides is 2. The van der Waals surface area contributed by atoms with Crippen molar-refractivity contribution in [1.29, 1.82) is 5.41 Å². The number of carbonyl (C=O) groups is 3. The van der Waals surface area contributed by atoms with Gasteiger partial charge in [0.2, 0.25) is 0 Å². The van der Waals surface area contributed by atoms with Gasteiger partial charge in [0, 0.05) is 77.4 Å². The van der Waals surface area contributed by atoms with Crippen LogP contribution in [0.15, 0.2) is 54.4 Å². The van der Waals surface area contributed by atoms with Crippen molar-refractivity contribution in [3.05, 3.63) is 77.1 Å². The molecule has 0 spiro atoms. The molecule has 9 nitrogen and oxygen atoms in total. The number of ether oxygens (including phenoxy) is 1. The maximum Gasteiger partial charge on any atom is 0.325 e. The van der Waals surface area contributed by atoms with Crippen LogP contribution in [-0.4, -0.2) is 87.6 Å². The quantitative estimate of drug-likeness (QED) is 0.143. The molecular weight excluding hydrogens is 544 g/mol. The van der Waals surface area contributed by atoms with Crippen molar-refractivity contribution >= 4 is 30.5 Å². The lowest BCUT2D eigenvalue weighted by Gasteiger charge is -2.39. The van der Waals surface area contributed by atoms with Crippen LogP contribution >= 0.6 is 0 Å². The van der Waals surface area contributed by atoms with Crippen LogP contribution in [0.25, 0.3) is 0 Å². The van der Waals surface area contributed by atoms with E-state index in [0.717, 1.165) is 34.6 Å². The molecule has 0 aliphatic rings. The lowest BCUT2D eigenvalue weighted by Crippen LogP contribution is -2.57. The van der Waals surface area contributed by atoms with Gasteiger partial charge in [0.25, 0.3) is 0 Å². The van der Waals surface area contributed by atoms with Crippen LogP contribution in [0.5, 0.6) is 0 Å². The smallest absolute Gasteiger partial charge is 0.325 e. The van der Waals surface area contributed by atoms with Gasteiger partial charge in [0.1, 0.15) is 23.8 Å². The summed E-state index contributed by atoms with van der Waals surface area (Å²) in [5.41, 5.74) is -0.975. The zero-order chi connectivity index (χ0) is 31.1. The Kier molecular flexibility index (Phi) is 13.3. The van der Waals surface area contributed by atoms with E-state index in [0.29, 0.717) is 37.0 Å². The normalized spacial score (nSPS) is 12.3. The number of anilines is 1. The standard InChI is InChI=1S/C31H37F2N5O4/c1-31(23-40,13-17-39)38(16-15-36(2)26(21-34)22-35-14-8-18-42-4)30(41)37(3)29-27(32)19-25(20-28(29)33)12-11-24-9-6-5-7-10-24/h5-7,9-10,17,19-23,34-35H,8,13-16,18H2,1-4H3/b26-22+,34-21?. The number of hydrogen-bond acceptors (Lipinski definition) is 7. The summed E-state index contributed by atoms with van der Waals surface area (Å²) in [5, 5.41) is 10.8. The molecule has 0 radical (unpaired) electrons. The van der Waals surface area contributed by atoms with E-state index in [4.69, 9.17) is 10.1 Å². The van der Waals surface area contributed by atoms with E-state index in [9.17, 15) is 14.4 Å². The molecule has 0 bridgehead atoms. The minimum absolute atomic E-state index is 0.0809. The number of allylic oxidation sites excluding steroid dienone is 1. The van der Waals surface area contributed by atoms with E-state index in [-0.39, 0.29) is 25.1 Å². The lowest BCUT2D eigenvalue weighted by molar-refractivity contribution is -0.120. The molecule has 0 aromatic heterocycles. The molecule has 0 aliphatic heterocycles. The number of hydrogen-bond donors (Lipinski definition) is 2. The van der Waals surface area contributed by atoms with Crippen molar-refractivity contribution < 1.29 is 27.9 Å². The highest BCUT2D eigenvalue weighted by Crippen LogP contribution is 2.27. The topological polar surface area (TPSA) is 106 Å². The second-order valence-electron chi connectivity index (χ2n) is 9.68. The zero-order valence-electron chi connectivity index (χ0n) is 24.3. The van der Waals surface area contributed by atoms with Crippen molar-refractivity contribution in [2.75, 3.05) is 52.3 Å². The van der Waals surface area contributed by atoms with Crippen molar-refractivity contribution in [3.63, 3.8) is 0 Å². The number of aldehydes is 2. The summed E-state index contributed by atoms with van der Waals surface area (Å²) < 4.78 is 35.4. The Bertz CT molecular complexity index is 1300. The first-order valence-corrected chi connectivity index (χ1v) is 13.3. The van der Waals surface area contributed by atoms with Crippen LogP contribution in [0.3, 0.4) is 0 Å². The first-order valence-electron chi connectivity index (χ1n) is 13.3. The Hall–Kier alpha value is -4.56. The number of methoxy groups -OCH3 is 1. The van der Waals surface area contributed by atoms with Gasteiger partial charge >= 0.3 is 6.03 Å². The number of carbonyl (C=O) groups excluding carboxylic acids is 3. The molecule has 2 N–H and O–H groups in total. The van der Waals surface area contributed by atoms with Crippen LogP contribution in [-0.2, 0) is 14.3 Å². The maximum absolute atomic E-state index is 15.2. The van der Waals surface area contributed by atoms with E-state index in [1.807, 2.05) is 6.07 Å². The first kappa shape index (κ1) is 33.6. The van der Waals surface area contributed by atoms with Gasteiger partial charge in [-0.1, -0.05) is 30.0 Å². The monoisotopic (exact) mass is 581 g/mol. The van der Waals surface area contributed by atoms with Crippen molar-refractivity contribution in [2.45, 2.75) is 25.3 Å². The number of urea groups is 1. The fraction of sp³-hybridized carbons (Fsp3) is 0.355. The molecular formula is C31H37F2N5O4. The summed E-state index contributed by atoms with van der Waals surface area (Å²) in [6, 6.07) is 10.1. The number of likely N-dealkylation sites (N-methyl/N-ethyl adjacent to an activating group) is 1. The number of nitrogens with one attached hydrogen (secondary N) is 2. The summed E-state index contributed by atoms with van der Waals surface area (Å²) in [6.45, 7) is 2.64. The third-order valence-corrected chi connectivity index (χ3v) is 6.53. The molecule has 0 fully saturated rings. The van der Waals surface area contributed by atoms with E-state index >= 15 is 8.78 Å². The predicted octanol–water partition coefficient (Wildman–Crippen LogP) is 3.82. The second-order valence-corrected chi connectivity index (χ2v) is 9.68. The highest BCUT2D eigenvalue weighted by atomic mass is 19.1. The fourth-order valence-corrected chi connectivity index (χ4v) is 4.00. The summed E-state index contributed by atoms with van der Waals surface area (Å²) in [7, 11) is 4.48. The van der Waals surface area contributed by atoms with Crippen molar-refractivity contribution in [3.8, 4) is 11.8 Å². The Morgan fingerprint density at radius 3 is 2.29 bits per heavy atom. The molecule has 0 saturated heterocycles. The minimum atomic E-state index is -1.59. The summed E-state index contributed by atoms with van der Waals surface area (Å²) in [4.78, 5) is 40.8. The van der Waals surface area contributed by atoms with Gasteiger partial charge in [0.05, 0.1) is 5.70 Å². The molecule has 42 heavy (non-hydrogen) atoms. The molecule has 0 saturated carbocycles. The molecule has 2 amide bonds. The Morgan fingerprint density at radius 1 is 1.07 bits per heavy atom. The molecule has 2 aromatic rings. The minimum Gasteiger partial charge on any atom is -0.389 e. The van der Waals surface area contributed by atoms with Gasteiger partial charge in [-0.2, -0.15) is 0 Å². The highest BCUT2D eigenvalue weighted by Gasteiger charge is 2.38. The molecule has 2 aromatic carbocycles. The number of halogens is 2. The zero-order valence-corrected chi connectivity index (χ0v) is 24.3. The van der Waals surface area contributed by atoms with Crippen LogP contribution < -0.4 is 10.2 Å². The van der Waals surface area contributed by atoms with Gasteiger partial charge in [0.15, 0.2) is 11.6 Å². The number of nitrogens with zero attached hydrogens (tertiary/aromatic N) is 3. The maximum atomic E-state index is 15.2. The summed E-state index contributed by atoms with van der Waals surface area (Å²) in [5.74, 6) is 3.51. The van der Waals surface area contributed by atoms with Gasteiger partial charge in [-0.25, -0.2) is 13.6 Å². The fourth-order valence-electron chi connectivity index (χ4n) is 4.00. The number of benzene rings is 2. The molecule has 224 valence electrons. The Morgan fingerprint density at radius 2 is 1.71 bits per heavy atom. The van der Waals surface area contributed by atoms with E-state index < -0.39 is 28.9 Å². The molecule has 2 rings (SSSR count). The highest BCUT2D eigenvalue weighted by molar-refractivity contribution is 5.94. The molecule has 1 atom stereocenters. The van der Waals surface area contributed by atoms with Gasteiger partial charge in [-0.05, 0) is 37.6 Å². The Balaban J connectivity index is 2.32. The molecule has 1 unspecified atom stereocenters. The van der Waals surface area contributed by atoms with Crippen LogP contribution in [0.4, 0.5) is 19.3 Å².